The van der Waals surface area contributed by atoms with Crippen molar-refractivity contribution in [3.63, 3.8) is 0 Å². The zero-order valence-corrected chi connectivity index (χ0v) is 12.9. The Morgan fingerprint density at radius 1 is 1.06 bits per heavy atom. The summed E-state index contributed by atoms with van der Waals surface area (Å²) in [5.41, 5.74) is 2.81. The molecule has 0 fully saturated rings. The maximum Gasteiger partial charge on any atom is 0.0170 e. The van der Waals surface area contributed by atoms with Crippen LogP contribution in [0.4, 0.5) is 0 Å². The molecule has 0 spiro atoms. The van der Waals surface area contributed by atoms with Crippen molar-refractivity contribution in [1.29, 1.82) is 0 Å². The van der Waals surface area contributed by atoms with E-state index in [1.165, 1.54) is 36.8 Å². The molecule has 0 atom stereocenters. The van der Waals surface area contributed by atoms with Gasteiger partial charge in [0.1, 0.15) is 0 Å². The highest BCUT2D eigenvalue weighted by Crippen LogP contribution is 2.08. The fourth-order valence-corrected chi connectivity index (χ4v) is 1.94. The zero-order valence-electron chi connectivity index (χ0n) is 12.9. The van der Waals surface area contributed by atoms with Crippen molar-refractivity contribution in [3.8, 4) is 0 Å². The first-order valence-electron chi connectivity index (χ1n) is 7.34. The molecule has 0 unspecified atom stereocenters. The lowest BCUT2D eigenvalue weighted by Crippen LogP contribution is -2.30. The van der Waals surface area contributed by atoms with E-state index in [0.717, 1.165) is 6.54 Å². The van der Waals surface area contributed by atoms with Crippen molar-refractivity contribution in [2.24, 2.45) is 0 Å². The van der Waals surface area contributed by atoms with Gasteiger partial charge in [0.2, 0.25) is 0 Å². The summed E-state index contributed by atoms with van der Waals surface area (Å²) < 4.78 is 0. The highest BCUT2D eigenvalue weighted by molar-refractivity contribution is 5.25. The van der Waals surface area contributed by atoms with Gasteiger partial charge in [0.05, 0.1) is 0 Å². The lowest BCUT2D eigenvalue weighted by molar-refractivity contribution is 0.459. The second-order valence-electron chi connectivity index (χ2n) is 5.00. The fraction of sp³-hybridized carbons (Fsp3) is 0.647. The zero-order chi connectivity index (χ0) is 13.8. The molecule has 0 bridgehead atoms. The van der Waals surface area contributed by atoms with E-state index in [1.54, 1.807) is 0 Å². The first-order chi connectivity index (χ1) is 8.65. The number of allylic oxidation sites excluding steroid dienone is 5. The van der Waals surface area contributed by atoms with Crippen LogP contribution in [-0.4, -0.2) is 12.6 Å². The normalized spacial score (nSPS) is 13.9. The topological polar surface area (TPSA) is 12.0 Å². The summed E-state index contributed by atoms with van der Waals surface area (Å²) >= 11 is 0. The molecular formula is C17H31N. The van der Waals surface area contributed by atoms with Crippen molar-refractivity contribution in [1.82, 2.24) is 5.32 Å². The van der Waals surface area contributed by atoms with Gasteiger partial charge >= 0.3 is 0 Å². The van der Waals surface area contributed by atoms with Crippen LogP contribution < -0.4 is 5.32 Å². The van der Waals surface area contributed by atoms with E-state index >= 15 is 0 Å². The number of nitrogens with one attached hydrogen (secondary N) is 1. The SMILES string of the molecule is C\C=C/C=C\C(C)=C(\C)CNC(CCC)CCC. The molecule has 0 aromatic carbocycles. The predicted octanol–water partition coefficient (Wildman–Crippen LogP) is 5.01. The Kier molecular flexibility index (Phi) is 10.8. The largest absolute Gasteiger partial charge is 0.310 e. The Balaban J connectivity index is 4.26. The molecule has 0 rings (SSSR count). The number of hydrogen-bond donors (Lipinski definition) is 1. The van der Waals surface area contributed by atoms with E-state index in [0.29, 0.717) is 6.04 Å². The van der Waals surface area contributed by atoms with Crippen LogP contribution in [0.15, 0.2) is 35.5 Å². The van der Waals surface area contributed by atoms with Gasteiger partial charge < -0.3 is 5.32 Å². The Bertz CT molecular complexity index is 278. The van der Waals surface area contributed by atoms with Gasteiger partial charge in [0.25, 0.3) is 0 Å². The van der Waals surface area contributed by atoms with E-state index in [9.17, 15) is 0 Å². The molecular weight excluding hydrogens is 218 g/mol. The summed E-state index contributed by atoms with van der Waals surface area (Å²) in [6, 6.07) is 0.683. The Morgan fingerprint density at radius 2 is 1.67 bits per heavy atom. The Morgan fingerprint density at radius 3 is 2.17 bits per heavy atom. The highest BCUT2D eigenvalue weighted by atomic mass is 14.9. The van der Waals surface area contributed by atoms with Crippen LogP contribution in [0.2, 0.25) is 0 Å². The number of rotatable bonds is 9. The van der Waals surface area contributed by atoms with Crippen molar-refractivity contribution in [2.45, 2.75) is 66.3 Å². The van der Waals surface area contributed by atoms with Gasteiger partial charge in [-0.3, -0.25) is 0 Å². The van der Waals surface area contributed by atoms with Crippen LogP contribution >= 0.6 is 0 Å². The quantitative estimate of drug-likeness (QED) is 0.566. The van der Waals surface area contributed by atoms with Crippen LogP contribution in [0.3, 0.4) is 0 Å². The maximum absolute atomic E-state index is 3.68. The summed E-state index contributed by atoms with van der Waals surface area (Å²) in [6.45, 7) is 12.0. The van der Waals surface area contributed by atoms with Crippen molar-refractivity contribution >= 4 is 0 Å². The molecule has 1 nitrogen and oxygen atoms in total. The molecule has 0 aliphatic rings. The molecule has 1 heteroatoms. The molecule has 0 amide bonds. The third-order valence-electron chi connectivity index (χ3n) is 3.25. The summed E-state index contributed by atoms with van der Waals surface area (Å²) in [4.78, 5) is 0. The van der Waals surface area contributed by atoms with E-state index in [1.807, 2.05) is 6.92 Å². The molecule has 0 aliphatic carbocycles. The van der Waals surface area contributed by atoms with Gasteiger partial charge in [0.15, 0.2) is 0 Å². The smallest absolute Gasteiger partial charge is 0.0170 e. The van der Waals surface area contributed by atoms with E-state index in [4.69, 9.17) is 0 Å². The van der Waals surface area contributed by atoms with Crippen LogP contribution in [-0.2, 0) is 0 Å². The van der Waals surface area contributed by atoms with E-state index < -0.39 is 0 Å². The van der Waals surface area contributed by atoms with Gasteiger partial charge in [0, 0.05) is 12.6 Å². The van der Waals surface area contributed by atoms with Gasteiger partial charge in [-0.1, -0.05) is 62.1 Å². The standard InChI is InChI=1S/C17H31N/c1-6-9-10-13-15(4)16(5)14-18-17(11-7-2)12-8-3/h6,9-10,13,17-18H,7-8,11-12,14H2,1-5H3/b9-6-,13-10-,16-15-. The van der Waals surface area contributed by atoms with Crippen LogP contribution in [0.5, 0.6) is 0 Å². The highest BCUT2D eigenvalue weighted by Gasteiger charge is 2.05. The molecule has 0 aromatic heterocycles. The van der Waals surface area contributed by atoms with Gasteiger partial charge in [-0.15, -0.1) is 0 Å². The molecule has 104 valence electrons. The first kappa shape index (κ1) is 17.2. The third-order valence-corrected chi connectivity index (χ3v) is 3.25. The van der Waals surface area contributed by atoms with Crippen LogP contribution in [0, 0.1) is 0 Å². The van der Waals surface area contributed by atoms with E-state index in [-0.39, 0.29) is 0 Å². The van der Waals surface area contributed by atoms with Crippen LogP contribution in [0.25, 0.3) is 0 Å². The lowest BCUT2D eigenvalue weighted by atomic mass is 10.1. The summed E-state index contributed by atoms with van der Waals surface area (Å²) in [7, 11) is 0. The fourth-order valence-electron chi connectivity index (χ4n) is 1.94. The summed E-state index contributed by atoms with van der Waals surface area (Å²) in [6.07, 6.45) is 13.5. The van der Waals surface area contributed by atoms with Gasteiger partial charge in [-0.25, -0.2) is 0 Å². The molecule has 0 radical (unpaired) electrons. The minimum atomic E-state index is 0.683. The first-order valence-corrected chi connectivity index (χ1v) is 7.34. The second-order valence-corrected chi connectivity index (χ2v) is 5.00. The second kappa shape index (κ2) is 11.3. The average Bonchev–Trinajstić information content (AvgIpc) is 2.36. The maximum atomic E-state index is 3.68. The lowest BCUT2D eigenvalue weighted by Gasteiger charge is -2.18. The minimum Gasteiger partial charge on any atom is -0.310 e. The van der Waals surface area contributed by atoms with Crippen molar-refractivity contribution in [3.05, 3.63) is 35.5 Å². The monoisotopic (exact) mass is 249 g/mol. The third kappa shape index (κ3) is 8.30. The van der Waals surface area contributed by atoms with Crippen molar-refractivity contribution < 1.29 is 0 Å². The molecule has 0 saturated heterocycles. The van der Waals surface area contributed by atoms with Crippen LogP contribution in [0.1, 0.15) is 60.3 Å². The van der Waals surface area contributed by atoms with Gasteiger partial charge in [-0.2, -0.15) is 0 Å². The minimum absolute atomic E-state index is 0.683. The molecule has 18 heavy (non-hydrogen) atoms. The van der Waals surface area contributed by atoms with Crippen molar-refractivity contribution in [2.75, 3.05) is 6.54 Å². The molecule has 1 N–H and O–H groups in total. The predicted molar refractivity (Wildman–Crippen MR) is 83.9 cm³/mol. The molecule has 0 heterocycles. The van der Waals surface area contributed by atoms with E-state index in [2.05, 4.69) is 57.3 Å². The molecule has 0 aromatic rings. The average molecular weight is 249 g/mol. The summed E-state index contributed by atoms with van der Waals surface area (Å²) in [5.74, 6) is 0. The number of hydrogen-bond acceptors (Lipinski definition) is 1. The van der Waals surface area contributed by atoms with Gasteiger partial charge in [-0.05, 0) is 33.6 Å². The Hall–Kier alpha value is -0.820. The Labute approximate surface area is 114 Å². The summed E-state index contributed by atoms with van der Waals surface area (Å²) in [5, 5.41) is 3.68. The molecule has 0 saturated carbocycles. The molecule has 0 aliphatic heterocycles.